The summed E-state index contributed by atoms with van der Waals surface area (Å²) < 4.78 is 11.3. The fourth-order valence-corrected chi connectivity index (χ4v) is 2.19. The molecule has 0 saturated heterocycles. The Labute approximate surface area is 101 Å². The van der Waals surface area contributed by atoms with Crippen LogP contribution in [0.25, 0.3) is 0 Å². The van der Waals surface area contributed by atoms with E-state index in [2.05, 4.69) is 19.2 Å². The molecule has 0 aliphatic heterocycles. The zero-order valence-electron chi connectivity index (χ0n) is 10.3. The van der Waals surface area contributed by atoms with Crippen molar-refractivity contribution in [3.63, 3.8) is 0 Å². The maximum absolute atomic E-state index is 11.3. The molecule has 0 amide bonds. The maximum atomic E-state index is 11.3. The van der Waals surface area contributed by atoms with Crippen LogP contribution < -0.4 is 5.32 Å². The Morgan fingerprint density at radius 2 is 2.19 bits per heavy atom. The summed E-state index contributed by atoms with van der Waals surface area (Å²) in [4.78, 5) is 0.882. The first kappa shape index (κ1) is 13.2. The van der Waals surface area contributed by atoms with Crippen molar-refractivity contribution in [3.8, 4) is 0 Å². The van der Waals surface area contributed by atoms with Gasteiger partial charge in [0.2, 0.25) is 0 Å². The zero-order chi connectivity index (χ0) is 12.0. The molecule has 90 valence electrons. The van der Waals surface area contributed by atoms with Gasteiger partial charge < -0.3 is 5.32 Å². The van der Waals surface area contributed by atoms with Gasteiger partial charge in [0.25, 0.3) is 0 Å². The van der Waals surface area contributed by atoms with Crippen LogP contribution in [0.1, 0.15) is 33.1 Å². The van der Waals surface area contributed by atoms with Gasteiger partial charge in [0, 0.05) is 33.7 Å². The fraction of sp³-hybridized carbons (Fsp3) is 0.538. The second kappa shape index (κ2) is 6.69. The van der Waals surface area contributed by atoms with Crippen molar-refractivity contribution in [2.45, 2.75) is 44.0 Å². The second-order valence-corrected chi connectivity index (χ2v) is 5.55. The number of benzene rings is 1. The summed E-state index contributed by atoms with van der Waals surface area (Å²) in [5.41, 5.74) is 1.07. The molecule has 0 fully saturated rings. The highest BCUT2D eigenvalue weighted by atomic mass is 32.2. The van der Waals surface area contributed by atoms with Crippen molar-refractivity contribution < 1.29 is 4.21 Å². The van der Waals surface area contributed by atoms with E-state index in [9.17, 15) is 4.21 Å². The number of nitrogens with one attached hydrogen (secondary N) is 1. The van der Waals surface area contributed by atoms with Crippen LogP contribution in [0.2, 0.25) is 0 Å². The van der Waals surface area contributed by atoms with E-state index >= 15 is 0 Å². The van der Waals surface area contributed by atoms with Crippen LogP contribution in [0.5, 0.6) is 0 Å². The Morgan fingerprint density at radius 3 is 2.81 bits per heavy atom. The lowest BCUT2D eigenvalue weighted by Crippen LogP contribution is -2.14. The van der Waals surface area contributed by atoms with Gasteiger partial charge in [-0.2, -0.15) is 0 Å². The van der Waals surface area contributed by atoms with Gasteiger partial charge in [0.05, 0.1) is 0 Å². The van der Waals surface area contributed by atoms with E-state index in [-0.39, 0.29) is 0 Å². The third kappa shape index (κ3) is 4.35. The smallest absolute Gasteiger partial charge is 0.0498 e. The Balaban J connectivity index is 2.59. The van der Waals surface area contributed by atoms with Gasteiger partial charge >= 0.3 is 0 Å². The maximum Gasteiger partial charge on any atom is 0.0498 e. The molecule has 0 heterocycles. The fourth-order valence-electron chi connectivity index (χ4n) is 1.63. The quantitative estimate of drug-likeness (QED) is 0.824. The third-order valence-corrected chi connectivity index (χ3v) is 3.49. The van der Waals surface area contributed by atoms with E-state index in [4.69, 9.17) is 0 Å². The molecule has 0 bridgehead atoms. The number of anilines is 1. The lowest BCUT2D eigenvalue weighted by molar-refractivity contribution is 0.645. The first-order valence-corrected chi connectivity index (χ1v) is 7.39. The van der Waals surface area contributed by atoms with Crippen LogP contribution >= 0.6 is 0 Å². The van der Waals surface area contributed by atoms with E-state index in [0.29, 0.717) is 6.04 Å². The van der Waals surface area contributed by atoms with Crippen LogP contribution in [0.15, 0.2) is 29.2 Å². The second-order valence-electron chi connectivity index (χ2n) is 4.17. The van der Waals surface area contributed by atoms with Crippen molar-refractivity contribution in [1.82, 2.24) is 0 Å². The van der Waals surface area contributed by atoms with Crippen LogP contribution in [0, 0.1) is 0 Å². The lowest BCUT2D eigenvalue weighted by atomic mass is 10.1. The molecule has 0 radical (unpaired) electrons. The number of rotatable bonds is 6. The monoisotopic (exact) mass is 239 g/mol. The largest absolute Gasteiger partial charge is 0.383 e. The predicted octanol–water partition coefficient (Wildman–Crippen LogP) is 3.41. The van der Waals surface area contributed by atoms with Crippen molar-refractivity contribution >= 4 is 16.5 Å². The Kier molecular flexibility index (Phi) is 5.53. The molecular formula is C13H21NOS. The van der Waals surface area contributed by atoms with E-state index in [0.717, 1.165) is 10.6 Å². The van der Waals surface area contributed by atoms with Crippen LogP contribution in [0.4, 0.5) is 5.69 Å². The van der Waals surface area contributed by atoms with E-state index in [1.807, 2.05) is 24.3 Å². The van der Waals surface area contributed by atoms with Crippen molar-refractivity contribution in [2.75, 3.05) is 11.6 Å². The molecule has 16 heavy (non-hydrogen) atoms. The van der Waals surface area contributed by atoms with E-state index < -0.39 is 10.8 Å². The van der Waals surface area contributed by atoms with Gasteiger partial charge in [0.1, 0.15) is 0 Å². The lowest BCUT2D eigenvalue weighted by Gasteiger charge is -2.15. The van der Waals surface area contributed by atoms with E-state index in [1.54, 1.807) is 6.26 Å². The number of hydrogen-bond acceptors (Lipinski definition) is 2. The molecule has 0 aromatic heterocycles. The Hall–Kier alpha value is -0.830. The average molecular weight is 239 g/mol. The van der Waals surface area contributed by atoms with Gasteiger partial charge in [-0.25, -0.2) is 0 Å². The van der Waals surface area contributed by atoms with Gasteiger partial charge in [-0.1, -0.05) is 25.8 Å². The standard InChI is InChI=1S/C13H21NOS/c1-4-5-7-11(2)14-12-8-6-9-13(10-12)16(3)15/h6,8-11,14H,4-5,7H2,1-3H3. The molecular weight excluding hydrogens is 218 g/mol. The van der Waals surface area contributed by atoms with Crippen molar-refractivity contribution in [1.29, 1.82) is 0 Å². The predicted molar refractivity (Wildman–Crippen MR) is 71.4 cm³/mol. The topological polar surface area (TPSA) is 29.1 Å². The summed E-state index contributed by atoms with van der Waals surface area (Å²) in [5.74, 6) is 0. The highest BCUT2D eigenvalue weighted by molar-refractivity contribution is 7.84. The molecule has 0 spiro atoms. The summed E-state index contributed by atoms with van der Waals surface area (Å²) in [6, 6.07) is 8.32. The normalized spacial score (nSPS) is 14.4. The van der Waals surface area contributed by atoms with Gasteiger partial charge in [-0.05, 0) is 31.5 Å². The summed E-state index contributed by atoms with van der Waals surface area (Å²) in [6.07, 6.45) is 5.36. The highest BCUT2D eigenvalue weighted by Gasteiger charge is 2.03. The van der Waals surface area contributed by atoms with Crippen molar-refractivity contribution in [3.05, 3.63) is 24.3 Å². The number of unbranched alkanes of at least 4 members (excludes halogenated alkanes) is 1. The molecule has 2 atom stereocenters. The van der Waals surface area contributed by atoms with Gasteiger partial charge in [-0.15, -0.1) is 0 Å². The first-order chi connectivity index (χ1) is 7.63. The molecule has 0 saturated carbocycles. The minimum absolute atomic E-state index is 0.473. The minimum atomic E-state index is -0.899. The SMILES string of the molecule is CCCCC(C)Nc1cccc(S(C)=O)c1. The summed E-state index contributed by atoms with van der Waals surface area (Å²) in [6.45, 7) is 4.39. The Bertz CT molecular complexity index is 352. The Morgan fingerprint density at radius 1 is 1.44 bits per heavy atom. The average Bonchev–Trinajstić information content (AvgIpc) is 2.26. The molecule has 3 heteroatoms. The molecule has 2 unspecified atom stereocenters. The minimum Gasteiger partial charge on any atom is -0.383 e. The number of hydrogen-bond donors (Lipinski definition) is 1. The molecule has 1 rings (SSSR count). The van der Waals surface area contributed by atoms with Crippen LogP contribution in [0.3, 0.4) is 0 Å². The van der Waals surface area contributed by atoms with Gasteiger partial charge in [0.15, 0.2) is 0 Å². The van der Waals surface area contributed by atoms with Gasteiger partial charge in [-0.3, -0.25) is 4.21 Å². The summed E-state index contributed by atoms with van der Waals surface area (Å²) in [7, 11) is -0.899. The van der Waals surface area contributed by atoms with Crippen molar-refractivity contribution in [2.24, 2.45) is 0 Å². The zero-order valence-corrected chi connectivity index (χ0v) is 11.1. The molecule has 1 N–H and O–H groups in total. The molecule has 0 aliphatic carbocycles. The van der Waals surface area contributed by atoms with Crippen LogP contribution in [-0.4, -0.2) is 16.5 Å². The molecule has 0 aliphatic rings. The summed E-state index contributed by atoms with van der Waals surface area (Å²) in [5, 5.41) is 3.44. The van der Waals surface area contributed by atoms with Crippen LogP contribution in [-0.2, 0) is 10.8 Å². The first-order valence-electron chi connectivity index (χ1n) is 5.83. The summed E-state index contributed by atoms with van der Waals surface area (Å²) >= 11 is 0. The highest BCUT2D eigenvalue weighted by Crippen LogP contribution is 2.15. The molecule has 1 aromatic carbocycles. The molecule has 2 nitrogen and oxygen atoms in total. The molecule has 1 aromatic rings. The van der Waals surface area contributed by atoms with E-state index in [1.165, 1.54) is 19.3 Å². The third-order valence-electron chi connectivity index (χ3n) is 2.57.